The van der Waals surface area contributed by atoms with Gasteiger partial charge < -0.3 is 35.4 Å². The first-order valence-corrected chi connectivity index (χ1v) is 42.3. The summed E-state index contributed by atoms with van der Waals surface area (Å²) in [5.41, 5.74) is 0. The number of cyclic esters (lactones) is 4. The van der Waals surface area contributed by atoms with Crippen LogP contribution in [-0.4, -0.2) is 84.5 Å². The minimum absolute atomic E-state index is 0.0632. The highest BCUT2D eigenvalue weighted by Gasteiger charge is 2.56. The van der Waals surface area contributed by atoms with Crippen molar-refractivity contribution >= 4 is 58.1 Å². The van der Waals surface area contributed by atoms with Gasteiger partial charge in [0.2, 0.25) is 0 Å². The quantitative estimate of drug-likeness (QED) is 0.129. The van der Waals surface area contributed by atoms with E-state index in [1.54, 1.807) is 0 Å². The molecule has 3 heterocycles. The molecule has 3 fully saturated rings. The number of rotatable bonds is 0. The highest BCUT2D eigenvalue weighted by Crippen LogP contribution is 2.40. The number of hydrogen-bond donors (Lipinski definition) is 0. The molecule has 3 aliphatic rings. The fourth-order valence-electron chi connectivity index (χ4n) is 11.6. The molecule has 4 bridgehead atoms. The first-order valence-electron chi connectivity index (χ1n) is 32.2. The predicted molar refractivity (Wildman–Crippen MR) is 317 cm³/mol. The van der Waals surface area contributed by atoms with E-state index in [9.17, 15) is 19.2 Å². The molecule has 3 rings (SSSR count). The van der Waals surface area contributed by atoms with Crippen LogP contribution in [0.4, 0.5) is 0 Å². The molecule has 76 heavy (non-hydrogen) atoms. The van der Waals surface area contributed by atoms with Crippen molar-refractivity contribution in [2.75, 3.05) is 26.4 Å². The third-order valence-electron chi connectivity index (χ3n) is 15.9. The lowest BCUT2D eigenvalue weighted by molar-refractivity contribution is -0.144. The average molecular weight is 1140 g/mol. The molecule has 0 aromatic carbocycles. The van der Waals surface area contributed by atoms with Gasteiger partial charge in [-0.05, 0) is 102 Å². The molecular weight excluding hydrogens is 1020 g/mol. The molecule has 3 saturated heterocycles. The second kappa shape index (κ2) is 43.3. The van der Waals surface area contributed by atoms with E-state index < -0.39 is 34.2 Å². The van der Waals surface area contributed by atoms with Crippen molar-refractivity contribution in [1.82, 2.24) is 0 Å². The largest absolute Gasteiger partial charge is 0.466 e. The molecule has 0 aromatic heterocycles. The van der Waals surface area contributed by atoms with Crippen LogP contribution in [0.5, 0.6) is 0 Å². The lowest BCUT2D eigenvalue weighted by Gasteiger charge is -2.50. The van der Waals surface area contributed by atoms with E-state index in [2.05, 4.69) is 26.2 Å². The Morgan fingerprint density at radius 1 is 0.211 bits per heavy atom. The van der Waals surface area contributed by atoms with E-state index in [4.69, 9.17) is 35.4 Å². The Balaban J connectivity index is 1.68. The van der Waals surface area contributed by atoms with Gasteiger partial charge in [-0.15, -0.1) is 0 Å². The molecule has 0 aliphatic carbocycles. The summed E-state index contributed by atoms with van der Waals surface area (Å²) in [6, 6.07) is 3.82. The van der Waals surface area contributed by atoms with E-state index in [0.29, 0.717) is 52.1 Å². The van der Waals surface area contributed by atoms with Crippen molar-refractivity contribution in [3.63, 3.8) is 0 Å². The number of hydrogen-bond acceptors (Lipinski definition) is 12. The minimum Gasteiger partial charge on any atom is -0.466 e. The zero-order valence-corrected chi connectivity index (χ0v) is 53.7. The number of fused-ring (bicyclic) bond motifs is 4. The number of esters is 4. The van der Waals surface area contributed by atoms with Crippen molar-refractivity contribution in [1.29, 1.82) is 0 Å². The lowest BCUT2D eigenvalue weighted by atomic mass is 10.1. The highest BCUT2D eigenvalue weighted by atomic mass is 28.5. The summed E-state index contributed by atoms with van der Waals surface area (Å²) in [5, 5.41) is 0. The maximum Gasteiger partial charge on any atom is 0.317 e. The van der Waals surface area contributed by atoms with E-state index in [1.807, 2.05) is 0 Å². The van der Waals surface area contributed by atoms with Crippen LogP contribution in [0.1, 0.15) is 283 Å². The summed E-state index contributed by atoms with van der Waals surface area (Å²) in [7, 11) is -10.8. The van der Waals surface area contributed by atoms with E-state index >= 15 is 0 Å². The summed E-state index contributed by atoms with van der Waals surface area (Å²) in [6.07, 6.45) is 45.1. The zero-order valence-electron chi connectivity index (χ0n) is 49.7. The van der Waals surface area contributed by atoms with Gasteiger partial charge in [-0.25, -0.2) is 0 Å². The smallest absolute Gasteiger partial charge is 0.317 e. The summed E-state index contributed by atoms with van der Waals surface area (Å²) < 4.78 is 52.6. The lowest BCUT2D eigenvalue weighted by Crippen LogP contribution is -2.67. The fourth-order valence-corrected chi connectivity index (χ4v) is 35.2. The number of carbonyl (C=O) groups is 4. The highest BCUT2D eigenvalue weighted by molar-refractivity contribution is 6.93. The molecule has 0 unspecified atom stereocenters. The first kappa shape index (κ1) is 68.9. The molecule has 12 nitrogen and oxygen atoms in total. The van der Waals surface area contributed by atoms with Gasteiger partial charge in [-0.1, -0.05) is 205 Å². The van der Waals surface area contributed by atoms with Gasteiger partial charge in [-0.2, -0.15) is 0 Å². The van der Waals surface area contributed by atoms with Gasteiger partial charge in [0.05, 0.1) is 26.4 Å². The normalized spacial score (nSPS) is 30.8. The second-order valence-corrected chi connectivity index (χ2v) is 38.3. The van der Waals surface area contributed by atoms with Crippen LogP contribution < -0.4 is 0 Å². The summed E-state index contributed by atoms with van der Waals surface area (Å²) >= 11 is 0. The van der Waals surface area contributed by atoms with Gasteiger partial charge in [0.15, 0.2) is 0 Å². The van der Waals surface area contributed by atoms with Crippen LogP contribution in [0, 0.1) is 0 Å². The van der Waals surface area contributed by atoms with Crippen LogP contribution in [0.15, 0.2) is 0 Å². The zero-order chi connectivity index (χ0) is 54.7. The maximum atomic E-state index is 12.4. The van der Waals surface area contributed by atoms with Crippen molar-refractivity contribution < 1.29 is 54.6 Å². The topological polar surface area (TPSA) is 142 Å². The van der Waals surface area contributed by atoms with Crippen molar-refractivity contribution in [2.45, 2.75) is 333 Å². The molecule has 444 valence electrons. The van der Waals surface area contributed by atoms with Crippen molar-refractivity contribution in [3.05, 3.63) is 0 Å². The van der Waals surface area contributed by atoms with Gasteiger partial charge in [0.25, 0.3) is 0 Å². The predicted octanol–water partition coefficient (Wildman–Crippen LogP) is 17.7. The molecule has 0 N–H and O–H groups in total. The van der Waals surface area contributed by atoms with Gasteiger partial charge >= 0.3 is 58.1 Å². The molecule has 0 radical (unpaired) electrons. The third-order valence-corrected chi connectivity index (χ3v) is 34.8. The van der Waals surface area contributed by atoms with Crippen molar-refractivity contribution in [2.24, 2.45) is 0 Å². The van der Waals surface area contributed by atoms with Crippen LogP contribution >= 0.6 is 0 Å². The molecule has 0 amide bonds. The third kappa shape index (κ3) is 36.8. The molecule has 0 atom stereocenters. The van der Waals surface area contributed by atoms with Crippen LogP contribution in [0.2, 0.25) is 50.4 Å². The average Bonchev–Trinajstić information content (AvgIpc) is 3.36. The Kier molecular flexibility index (Phi) is 39.3. The second-order valence-electron chi connectivity index (χ2n) is 24.0. The summed E-state index contributed by atoms with van der Waals surface area (Å²) in [4.78, 5) is 49.6. The minimum atomic E-state index is -2.71. The molecule has 0 aromatic rings. The van der Waals surface area contributed by atoms with Gasteiger partial charge in [-0.3, -0.25) is 19.2 Å². The molecular formula is C60H116O12Si4. The maximum absolute atomic E-state index is 12.4. The Labute approximate surface area is 469 Å². The van der Waals surface area contributed by atoms with E-state index in [1.165, 1.54) is 51.4 Å². The summed E-state index contributed by atoms with van der Waals surface area (Å²) in [5.74, 6) is -0.253. The molecule has 3 aliphatic heterocycles. The van der Waals surface area contributed by atoms with Crippen LogP contribution in [0.3, 0.4) is 0 Å². The molecule has 16 heteroatoms. The molecule has 0 saturated carbocycles. The Hall–Kier alpha value is -1.41. The van der Waals surface area contributed by atoms with E-state index in [0.717, 1.165) is 230 Å². The fraction of sp³-hybridized carbons (Fsp3) is 0.933. The van der Waals surface area contributed by atoms with Crippen LogP contribution in [0.25, 0.3) is 0 Å². The van der Waals surface area contributed by atoms with Gasteiger partial charge in [0.1, 0.15) is 0 Å². The van der Waals surface area contributed by atoms with E-state index in [-0.39, 0.29) is 23.9 Å². The Bertz CT molecular complexity index is 1300. The first-order chi connectivity index (χ1) is 36.8. The SMILES string of the molecule is C[Si]12CCCCCCCCCC(=O)OCCCCCCCCOC(=O)CCCCCCCCC[Si](C)(O1)O[Si]1(C)CCCCCCCCCC(=O)OCCCCCCCCOC(=O)CCCCCCCCC[Si](C)(O1)O2. The van der Waals surface area contributed by atoms with Crippen LogP contribution in [-0.2, 0) is 54.6 Å². The summed E-state index contributed by atoms with van der Waals surface area (Å²) in [6.45, 7) is 11.4. The van der Waals surface area contributed by atoms with Crippen molar-refractivity contribution in [3.8, 4) is 0 Å². The number of carbonyl (C=O) groups excluding carboxylic acids is 4. The number of ether oxygens (including phenoxy) is 4. The standard InChI is InChI=1S/C60H116O12Si4/c1-73-53-41-29-17-5-9-21-33-45-57(61)65-49-37-25-13-14-26-38-50-66-58(62)46-34-22-10-6-18-30-42-54-74(2,69-73)72-76(4)56-44-32-20-8-12-24-36-48-60(64)68-52-40-28-16-15-27-39-51-67-59(63)47-35-23-11-7-19-31-43-55-75(3,70-76)71-73/h5-56H2,1-4H3. The Morgan fingerprint density at radius 3 is 0.539 bits per heavy atom. The Morgan fingerprint density at radius 2 is 0.355 bits per heavy atom. The van der Waals surface area contributed by atoms with Gasteiger partial charge in [0, 0.05) is 25.7 Å². The molecule has 0 spiro atoms. The monoisotopic (exact) mass is 1140 g/mol.